The maximum absolute atomic E-state index is 6.06. The van der Waals surface area contributed by atoms with Crippen molar-refractivity contribution >= 4 is 27.5 Å². The molecule has 106 valence electrons. The normalized spacial score (nSPS) is 22.3. The Bertz CT molecular complexity index is 571. The molecule has 1 fully saturated rings. The maximum atomic E-state index is 6.06. The topological polar surface area (TPSA) is 29.9 Å². The Balaban J connectivity index is 1.67. The Morgan fingerprint density at radius 3 is 3.10 bits per heavy atom. The van der Waals surface area contributed by atoms with E-state index >= 15 is 0 Å². The number of halogens is 2. The Labute approximate surface area is 132 Å². The second-order valence-electron chi connectivity index (χ2n) is 5.23. The summed E-state index contributed by atoms with van der Waals surface area (Å²) < 4.78 is 3.32. The number of hydrogen-bond donors (Lipinski definition) is 1. The minimum atomic E-state index is 0.495. The van der Waals surface area contributed by atoms with Crippen LogP contribution in [-0.4, -0.2) is 15.6 Å². The van der Waals surface area contributed by atoms with Crippen LogP contribution in [-0.2, 0) is 6.54 Å². The summed E-state index contributed by atoms with van der Waals surface area (Å²) in [5, 5.41) is 4.45. The van der Waals surface area contributed by atoms with Crippen LogP contribution >= 0.6 is 27.5 Å². The molecule has 1 aromatic carbocycles. The van der Waals surface area contributed by atoms with Crippen LogP contribution in [0.15, 0.2) is 41.4 Å². The molecule has 2 unspecified atom stereocenters. The van der Waals surface area contributed by atoms with Crippen molar-refractivity contribution in [3.05, 3.63) is 52.0 Å². The zero-order chi connectivity index (χ0) is 13.9. The van der Waals surface area contributed by atoms with Gasteiger partial charge in [0.15, 0.2) is 0 Å². The highest BCUT2D eigenvalue weighted by Gasteiger charge is 2.27. The van der Waals surface area contributed by atoms with Crippen LogP contribution in [0.25, 0.3) is 0 Å². The summed E-state index contributed by atoms with van der Waals surface area (Å²) >= 11 is 9.64. The van der Waals surface area contributed by atoms with Crippen molar-refractivity contribution in [3.63, 3.8) is 0 Å². The van der Waals surface area contributed by atoms with Crippen molar-refractivity contribution in [2.24, 2.45) is 0 Å². The molecule has 2 aromatic rings. The molecule has 0 radical (unpaired) electrons. The third-order valence-corrected chi connectivity index (χ3v) is 4.96. The van der Waals surface area contributed by atoms with Gasteiger partial charge in [0.1, 0.15) is 0 Å². The van der Waals surface area contributed by atoms with Crippen LogP contribution in [0.4, 0.5) is 0 Å². The maximum Gasteiger partial charge on any atom is 0.0949 e. The summed E-state index contributed by atoms with van der Waals surface area (Å²) in [7, 11) is 0. The minimum absolute atomic E-state index is 0.495. The fourth-order valence-electron chi connectivity index (χ4n) is 2.92. The molecule has 1 aliphatic rings. The summed E-state index contributed by atoms with van der Waals surface area (Å²) in [6, 6.07) is 6.92. The number of benzene rings is 1. The molecule has 5 heteroatoms. The zero-order valence-electron chi connectivity index (χ0n) is 11.1. The molecule has 0 aliphatic heterocycles. The average molecular weight is 355 g/mol. The van der Waals surface area contributed by atoms with E-state index in [0.717, 1.165) is 16.0 Å². The van der Waals surface area contributed by atoms with Gasteiger partial charge in [-0.1, -0.05) is 27.5 Å². The van der Waals surface area contributed by atoms with E-state index < -0.39 is 0 Å². The number of nitrogens with zero attached hydrogens (tertiary/aromatic N) is 2. The molecule has 1 N–H and O–H groups in total. The lowest BCUT2D eigenvalue weighted by Crippen LogP contribution is -2.33. The van der Waals surface area contributed by atoms with Gasteiger partial charge in [0.05, 0.1) is 6.33 Å². The average Bonchev–Trinajstić information content (AvgIpc) is 3.09. The smallest absolute Gasteiger partial charge is 0.0949 e. The Kier molecular flexibility index (Phi) is 4.44. The molecular weight excluding hydrogens is 338 g/mol. The van der Waals surface area contributed by atoms with Gasteiger partial charge in [-0.2, -0.15) is 0 Å². The van der Waals surface area contributed by atoms with E-state index in [0.29, 0.717) is 12.1 Å². The van der Waals surface area contributed by atoms with E-state index in [-0.39, 0.29) is 0 Å². The SMILES string of the molecule is Clc1ccc(Br)c(CNC2CCCC2n2ccnc2)c1. The predicted octanol–water partition coefficient (Wildman–Crippen LogP) is 4.18. The molecule has 0 spiro atoms. The van der Waals surface area contributed by atoms with Gasteiger partial charge in [-0.3, -0.25) is 0 Å². The molecule has 2 atom stereocenters. The van der Waals surface area contributed by atoms with Crippen LogP contribution in [0.1, 0.15) is 30.9 Å². The van der Waals surface area contributed by atoms with Crippen LogP contribution in [0.3, 0.4) is 0 Å². The van der Waals surface area contributed by atoms with E-state index in [1.165, 1.54) is 24.8 Å². The molecule has 1 heterocycles. The second-order valence-corrected chi connectivity index (χ2v) is 6.52. The lowest BCUT2D eigenvalue weighted by Gasteiger charge is -2.22. The number of imidazole rings is 1. The molecule has 3 nitrogen and oxygen atoms in total. The van der Waals surface area contributed by atoms with Crippen LogP contribution in [0, 0.1) is 0 Å². The fraction of sp³-hybridized carbons (Fsp3) is 0.400. The van der Waals surface area contributed by atoms with E-state index in [9.17, 15) is 0 Å². The monoisotopic (exact) mass is 353 g/mol. The third kappa shape index (κ3) is 3.08. The zero-order valence-corrected chi connectivity index (χ0v) is 13.4. The number of rotatable bonds is 4. The first-order valence-electron chi connectivity index (χ1n) is 6.89. The molecule has 1 saturated carbocycles. The van der Waals surface area contributed by atoms with Crippen LogP contribution in [0.5, 0.6) is 0 Å². The van der Waals surface area contributed by atoms with Gasteiger partial charge in [0, 0.05) is 40.5 Å². The largest absolute Gasteiger partial charge is 0.333 e. The first-order valence-corrected chi connectivity index (χ1v) is 8.06. The highest BCUT2D eigenvalue weighted by molar-refractivity contribution is 9.10. The summed E-state index contributed by atoms with van der Waals surface area (Å²) in [5.74, 6) is 0. The molecule has 3 rings (SSSR count). The highest BCUT2D eigenvalue weighted by Crippen LogP contribution is 2.30. The van der Waals surface area contributed by atoms with Crippen molar-refractivity contribution in [3.8, 4) is 0 Å². The Morgan fingerprint density at radius 2 is 2.30 bits per heavy atom. The van der Waals surface area contributed by atoms with Gasteiger partial charge in [0.2, 0.25) is 0 Å². The third-order valence-electron chi connectivity index (χ3n) is 3.95. The molecule has 20 heavy (non-hydrogen) atoms. The quantitative estimate of drug-likeness (QED) is 0.892. The highest BCUT2D eigenvalue weighted by atomic mass is 79.9. The van der Waals surface area contributed by atoms with E-state index in [4.69, 9.17) is 11.6 Å². The molecule has 0 bridgehead atoms. The van der Waals surface area contributed by atoms with Crippen molar-refractivity contribution < 1.29 is 0 Å². The summed E-state index contributed by atoms with van der Waals surface area (Å²) in [4.78, 5) is 4.16. The number of hydrogen-bond acceptors (Lipinski definition) is 2. The lowest BCUT2D eigenvalue weighted by atomic mass is 10.1. The van der Waals surface area contributed by atoms with Crippen LogP contribution < -0.4 is 5.32 Å². The van der Waals surface area contributed by atoms with Gasteiger partial charge in [-0.25, -0.2) is 4.98 Å². The van der Waals surface area contributed by atoms with E-state index in [1.807, 2.05) is 30.7 Å². The van der Waals surface area contributed by atoms with Crippen molar-refractivity contribution in [1.82, 2.24) is 14.9 Å². The fourth-order valence-corrected chi connectivity index (χ4v) is 3.50. The predicted molar refractivity (Wildman–Crippen MR) is 84.9 cm³/mol. The standard InChI is InChI=1S/C15H17BrClN3/c16-13-5-4-12(17)8-11(13)9-19-14-2-1-3-15(14)20-7-6-18-10-20/h4-8,10,14-15,19H,1-3,9H2. The van der Waals surface area contributed by atoms with Gasteiger partial charge in [-0.05, 0) is 43.0 Å². The molecule has 1 aliphatic carbocycles. The van der Waals surface area contributed by atoms with Crippen molar-refractivity contribution in [2.45, 2.75) is 37.9 Å². The van der Waals surface area contributed by atoms with E-state index in [2.05, 4.69) is 37.0 Å². The van der Waals surface area contributed by atoms with Crippen LogP contribution in [0.2, 0.25) is 5.02 Å². The van der Waals surface area contributed by atoms with Gasteiger partial charge >= 0.3 is 0 Å². The van der Waals surface area contributed by atoms with Gasteiger partial charge in [0.25, 0.3) is 0 Å². The molecular formula is C15H17BrClN3. The molecule has 0 amide bonds. The number of nitrogens with one attached hydrogen (secondary N) is 1. The summed E-state index contributed by atoms with van der Waals surface area (Å²) in [5.41, 5.74) is 1.20. The Hall–Kier alpha value is -0.840. The molecule has 1 aromatic heterocycles. The first-order chi connectivity index (χ1) is 9.74. The van der Waals surface area contributed by atoms with Gasteiger partial charge < -0.3 is 9.88 Å². The summed E-state index contributed by atoms with van der Waals surface area (Å²) in [6.07, 6.45) is 9.51. The minimum Gasteiger partial charge on any atom is -0.333 e. The number of aromatic nitrogens is 2. The van der Waals surface area contributed by atoms with Crippen molar-refractivity contribution in [2.75, 3.05) is 0 Å². The lowest BCUT2D eigenvalue weighted by molar-refractivity contribution is 0.390. The first kappa shape index (κ1) is 14.1. The summed E-state index contributed by atoms with van der Waals surface area (Å²) in [6.45, 7) is 0.830. The second kappa shape index (κ2) is 6.29. The van der Waals surface area contributed by atoms with E-state index in [1.54, 1.807) is 0 Å². The van der Waals surface area contributed by atoms with Gasteiger partial charge in [-0.15, -0.1) is 0 Å². The molecule has 0 saturated heterocycles. The Morgan fingerprint density at radius 1 is 1.40 bits per heavy atom. The van der Waals surface area contributed by atoms with Crippen molar-refractivity contribution in [1.29, 1.82) is 0 Å².